The van der Waals surface area contributed by atoms with Crippen molar-refractivity contribution in [3.63, 3.8) is 0 Å². The second kappa shape index (κ2) is 12.0. The molecule has 4 aromatic carbocycles. The number of azo groups is 1. The number of hydrogen-bond acceptors (Lipinski definition) is 10. The lowest BCUT2D eigenvalue weighted by atomic mass is 10.00. The zero-order chi connectivity index (χ0) is 32.6. The number of hydrogen-bond donors (Lipinski definition) is 6. The molecule has 0 aliphatic carbocycles. The molecule has 14 nitrogen and oxygen atoms in total. The number of amides is 1. The molecule has 0 bridgehead atoms. The van der Waals surface area contributed by atoms with E-state index in [9.17, 15) is 40.6 Å². The van der Waals surface area contributed by atoms with Gasteiger partial charge < -0.3 is 21.3 Å². The second-order valence-corrected chi connectivity index (χ2v) is 12.5. The van der Waals surface area contributed by atoms with Crippen molar-refractivity contribution < 1.29 is 45.7 Å². The minimum atomic E-state index is -5.04. The molecule has 1 amide bonds. The van der Waals surface area contributed by atoms with Gasteiger partial charge in [0.25, 0.3) is 20.2 Å². The van der Waals surface area contributed by atoms with Gasteiger partial charge in [-0.1, -0.05) is 18.2 Å². The highest BCUT2D eigenvalue weighted by molar-refractivity contribution is 7.87. The van der Waals surface area contributed by atoms with E-state index in [4.69, 9.17) is 10.8 Å². The first-order valence-corrected chi connectivity index (χ1v) is 15.5. The number of carboxylic acids is 1. The number of phenols is 1. The number of carbonyl (C=O) groups is 2. The summed E-state index contributed by atoms with van der Waals surface area (Å²) in [5.74, 6) is -2.21. The number of nitrogens with one attached hydrogen (secondary N) is 1. The van der Waals surface area contributed by atoms with E-state index in [0.29, 0.717) is 23.0 Å². The fourth-order valence-electron chi connectivity index (χ4n) is 4.44. The number of carboxylic acid groups (broad SMARTS) is 1. The highest BCUT2D eigenvalue weighted by Crippen LogP contribution is 2.44. The molecule has 230 valence electrons. The Bertz CT molecular complexity index is 2090. The molecule has 4 rings (SSSR count). The van der Waals surface area contributed by atoms with Crippen LogP contribution in [0.1, 0.15) is 24.0 Å². The molecule has 0 aromatic heterocycles. The molecule has 44 heavy (non-hydrogen) atoms. The molecule has 7 N–H and O–H groups in total. The van der Waals surface area contributed by atoms with Crippen LogP contribution in [-0.4, -0.2) is 48.0 Å². The van der Waals surface area contributed by atoms with Crippen LogP contribution >= 0.6 is 0 Å². The maximum absolute atomic E-state index is 12.0. The Labute approximate surface area is 251 Å². The molecular formula is C28H26N4O10S2. The van der Waals surface area contributed by atoms with Crippen LogP contribution in [0.3, 0.4) is 0 Å². The van der Waals surface area contributed by atoms with Crippen LogP contribution in [0.4, 0.5) is 22.7 Å². The molecule has 16 heteroatoms. The summed E-state index contributed by atoms with van der Waals surface area (Å²) in [5.41, 5.74) is 9.01. The third-order valence-corrected chi connectivity index (χ3v) is 8.42. The molecule has 0 saturated carbocycles. The fraction of sp³-hybridized carbons (Fsp3) is 0.143. The molecule has 0 aliphatic heterocycles. The Morgan fingerprint density at radius 1 is 0.795 bits per heavy atom. The van der Waals surface area contributed by atoms with Gasteiger partial charge in [0.15, 0.2) is 5.75 Å². The van der Waals surface area contributed by atoms with E-state index in [0.717, 1.165) is 22.8 Å². The van der Waals surface area contributed by atoms with Crippen LogP contribution in [-0.2, 0) is 29.8 Å². The number of fused-ring (bicyclic) bond motifs is 1. The van der Waals surface area contributed by atoms with E-state index in [1.807, 2.05) is 12.1 Å². The van der Waals surface area contributed by atoms with Gasteiger partial charge in [-0.25, -0.2) is 0 Å². The van der Waals surface area contributed by atoms with Crippen LogP contribution in [0, 0.1) is 13.8 Å². The first-order valence-electron chi connectivity index (χ1n) is 12.7. The molecule has 0 spiro atoms. The summed E-state index contributed by atoms with van der Waals surface area (Å²) < 4.78 is 66.6. The minimum absolute atomic E-state index is 0.146. The van der Waals surface area contributed by atoms with Crippen molar-refractivity contribution in [3.05, 3.63) is 65.7 Å². The average molecular weight is 643 g/mol. The number of anilines is 2. The molecule has 0 heterocycles. The zero-order valence-electron chi connectivity index (χ0n) is 23.1. The van der Waals surface area contributed by atoms with Gasteiger partial charge in [0, 0.05) is 17.5 Å². The van der Waals surface area contributed by atoms with Gasteiger partial charge in [0.05, 0.1) is 23.2 Å². The predicted octanol–water partition coefficient (Wildman–Crippen LogP) is 5.12. The van der Waals surface area contributed by atoms with E-state index in [-0.39, 0.29) is 23.9 Å². The summed E-state index contributed by atoms with van der Waals surface area (Å²) >= 11 is 0. The summed E-state index contributed by atoms with van der Waals surface area (Å²) in [6, 6.07) is 13.4. The summed E-state index contributed by atoms with van der Waals surface area (Å²) in [4.78, 5) is 20.8. The van der Waals surface area contributed by atoms with Gasteiger partial charge in [0.1, 0.15) is 15.5 Å². The minimum Gasteiger partial charge on any atom is -0.505 e. The van der Waals surface area contributed by atoms with Crippen LogP contribution in [0.2, 0.25) is 0 Å². The summed E-state index contributed by atoms with van der Waals surface area (Å²) in [6.07, 6.45) is -0.419. The van der Waals surface area contributed by atoms with E-state index in [1.165, 1.54) is 6.07 Å². The smallest absolute Gasteiger partial charge is 0.303 e. The molecule has 0 atom stereocenters. The van der Waals surface area contributed by atoms with Gasteiger partial charge in [-0.05, 0) is 72.5 Å². The van der Waals surface area contributed by atoms with Crippen LogP contribution in [0.5, 0.6) is 5.75 Å². The number of carbonyl (C=O) groups excluding carboxylic acids is 1. The molecule has 0 aliphatic rings. The van der Waals surface area contributed by atoms with Crippen molar-refractivity contribution in [2.75, 3.05) is 11.1 Å². The van der Waals surface area contributed by atoms with Crippen molar-refractivity contribution in [1.82, 2.24) is 0 Å². The number of nitrogens with two attached hydrogens (primary N) is 1. The topological polar surface area (TPSA) is 246 Å². The lowest BCUT2D eigenvalue weighted by molar-refractivity contribution is -0.138. The van der Waals surface area contributed by atoms with Crippen molar-refractivity contribution in [3.8, 4) is 16.9 Å². The van der Waals surface area contributed by atoms with Crippen molar-refractivity contribution in [2.45, 2.75) is 36.5 Å². The van der Waals surface area contributed by atoms with Gasteiger partial charge in [-0.2, -0.15) is 21.9 Å². The monoisotopic (exact) mass is 642 g/mol. The molecule has 0 radical (unpaired) electrons. The Morgan fingerprint density at radius 2 is 1.36 bits per heavy atom. The third kappa shape index (κ3) is 6.84. The van der Waals surface area contributed by atoms with E-state index < -0.39 is 58.7 Å². The van der Waals surface area contributed by atoms with E-state index >= 15 is 0 Å². The number of rotatable bonds is 9. The predicted molar refractivity (Wildman–Crippen MR) is 161 cm³/mol. The molecular weight excluding hydrogens is 616 g/mol. The maximum Gasteiger partial charge on any atom is 0.303 e. The number of benzene rings is 4. The van der Waals surface area contributed by atoms with Crippen molar-refractivity contribution >= 4 is 65.6 Å². The first-order chi connectivity index (χ1) is 20.5. The highest BCUT2D eigenvalue weighted by Gasteiger charge is 2.26. The number of aromatic hydroxyl groups is 1. The standard InChI is InChI=1S/C28H26N4O10S2/c1-14-11-16(3-6-19(14)30-24(33)9-10-25(34)35)17-4-7-20(15(2)12-17)31-32-21-8-5-18-22(43(37,38)39)13-23(44(40,41)42)27(29)26(18)28(21)36/h3-8,11-13,36H,9-10,29H2,1-2H3,(H,30,33)(H,34,35)(H,37,38,39)(H,40,41,42)/b32-31+. The molecule has 0 unspecified atom stereocenters. The average Bonchev–Trinajstić information content (AvgIpc) is 2.91. The quantitative estimate of drug-likeness (QED) is 0.0794. The third-order valence-electron chi connectivity index (χ3n) is 6.64. The lowest BCUT2D eigenvalue weighted by Gasteiger charge is -2.13. The maximum atomic E-state index is 12.0. The van der Waals surface area contributed by atoms with Crippen LogP contribution in [0.15, 0.2) is 74.6 Å². The Morgan fingerprint density at radius 3 is 1.93 bits per heavy atom. The summed E-state index contributed by atoms with van der Waals surface area (Å²) in [7, 11) is -10.0. The van der Waals surface area contributed by atoms with Gasteiger partial charge in [0.2, 0.25) is 5.91 Å². The number of nitrogens with zero attached hydrogens (tertiary/aromatic N) is 2. The number of nitrogen functional groups attached to an aromatic ring is 1. The number of aryl methyl sites for hydroxylation is 2. The van der Waals surface area contributed by atoms with Crippen LogP contribution in [0.25, 0.3) is 21.9 Å². The van der Waals surface area contributed by atoms with E-state index in [1.54, 1.807) is 38.1 Å². The molecule has 0 fully saturated rings. The zero-order valence-corrected chi connectivity index (χ0v) is 24.8. The Kier molecular flexibility index (Phi) is 8.74. The van der Waals surface area contributed by atoms with E-state index in [2.05, 4.69) is 15.5 Å². The SMILES string of the molecule is Cc1cc(-c2ccc(NC(=O)CCC(=O)O)c(C)c2)ccc1/N=N/c1ccc2c(S(=O)(=O)O)cc(S(=O)(=O)O)c(N)c2c1O. The fourth-order valence-corrected chi connectivity index (χ4v) is 5.87. The Hall–Kier alpha value is -4.90. The number of phenolic OH excluding ortho intramolecular Hbond substituents is 1. The van der Waals surface area contributed by atoms with Crippen molar-refractivity contribution in [2.24, 2.45) is 10.2 Å². The first kappa shape index (κ1) is 32.0. The summed E-state index contributed by atoms with van der Waals surface area (Å²) in [6.45, 7) is 3.56. The summed E-state index contributed by atoms with van der Waals surface area (Å²) in [5, 5.41) is 29.7. The van der Waals surface area contributed by atoms with Crippen LogP contribution < -0.4 is 11.1 Å². The molecule has 4 aromatic rings. The largest absolute Gasteiger partial charge is 0.505 e. The lowest BCUT2D eigenvalue weighted by Crippen LogP contribution is -2.13. The van der Waals surface area contributed by atoms with Gasteiger partial charge in [-0.3, -0.25) is 18.7 Å². The second-order valence-electron chi connectivity index (χ2n) is 9.77. The molecule has 0 saturated heterocycles. The van der Waals surface area contributed by atoms with Crippen molar-refractivity contribution in [1.29, 1.82) is 0 Å². The Balaban J connectivity index is 1.65. The van der Waals surface area contributed by atoms with Gasteiger partial charge >= 0.3 is 5.97 Å². The van der Waals surface area contributed by atoms with Gasteiger partial charge in [-0.15, -0.1) is 5.11 Å². The number of aliphatic carboxylic acids is 1. The normalized spacial score (nSPS) is 12.1. The highest BCUT2D eigenvalue weighted by atomic mass is 32.2.